The van der Waals surface area contributed by atoms with Crippen molar-refractivity contribution in [3.05, 3.63) is 64.6 Å². The maximum atomic E-state index is 13.3. The van der Waals surface area contributed by atoms with E-state index in [0.717, 1.165) is 11.7 Å². The first-order chi connectivity index (χ1) is 19.9. The van der Waals surface area contributed by atoms with Gasteiger partial charge in [0, 0.05) is 26.5 Å². The number of rotatable bonds is 11. The number of allylic oxidation sites excluding steroid dienone is 1. The molecule has 3 amide bonds. The minimum Gasteiger partial charge on any atom is -0.464 e. The SMILES string of the molecule is COC(=O)NC(CCC=CC(=O)N(C)C)C(=O)Nc1cccn(Cc2nc3c(CC(C)C)nccc3n2C(=O)O)c1=O. The number of imidazole rings is 1. The van der Waals surface area contributed by atoms with E-state index in [9.17, 15) is 29.1 Å². The Hall–Kier alpha value is -5.01. The van der Waals surface area contributed by atoms with E-state index in [0.29, 0.717) is 23.1 Å². The number of fused-ring (bicyclic) bond motifs is 1. The van der Waals surface area contributed by atoms with Crippen LogP contribution in [0.4, 0.5) is 15.3 Å². The maximum Gasteiger partial charge on any atom is 0.417 e. The fourth-order valence-corrected chi connectivity index (χ4v) is 4.16. The summed E-state index contributed by atoms with van der Waals surface area (Å²) in [5, 5.41) is 14.9. The third-order valence-corrected chi connectivity index (χ3v) is 6.22. The molecule has 3 heterocycles. The summed E-state index contributed by atoms with van der Waals surface area (Å²) in [4.78, 5) is 72.4. The van der Waals surface area contributed by atoms with Gasteiger partial charge in [0.05, 0.1) is 24.9 Å². The first-order valence-electron chi connectivity index (χ1n) is 13.2. The molecule has 3 N–H and O–H groups in total. The lowest BCUT2D eigenvalue weighted by molar-refractivity contribution is -0.123. The normalized spacial score (nSPS) is 12.0. The molecule has 3 aromatic heterocycles. The number of likely N-dealkylation sites (N-methyl/N-ethyl adjacent to an activating group) is 1. The van der Waals surface area contributed by atoms with Gasteiger partial charge in [0.15, 0.2) is 0 Å². The standard InChI is InChI=1S/C28H35N7O7/c1-17(2)15-20-24-21(12-13-29-20)35(28(40)41)22(32-24)16-34-14-8-10-19(26(34)38)30-25(37)18(31-27(39)42-5)9-6-7-11-23(36)33(3)4/h7-8,10-14,17-18H,6,9,15-16H2,1-5H3,(H,30,37)(H,31,39)(H,40,41). The zero-order valence-electron chi connectivity index (χ0n) is 24.2. The quantitative estimate of drug-likeness (QED) is 0.287. The summed E-state index contributed by atoms with van der Waals surface area (Å²) in [5.41, 5.74) is 0.765. The molecule has 1 unspecified atom stereocenters. The number of pyridine rings is 2. The summed E-state index contributed by atoms with van der Waals surface area (Å²) in [7, 11) is 4.36. The van der Waals surface area contributed by atoms with E-state index in [2.05, 4.69) is 25.3 Å². The molecule has 0 aliphatic rings. The Kier molecular flexibility index (Phi) is 10.5. The summed E-state index contributed by atoms with van der Waals surface area (Å²) < 4.78 is 6.86. The minimum atomic E-state index is -1.26. The molecule has 0 spiro atoms. The zero-order valence-corrected chi connectivity index (χ0v) is 24.2. The van der Waals surface area contributed by atoms with E-state index in [-0.39, 0.29) is 42.7 Å². The average Bonchev–Trinajstić information content (AvgIpc) is 3.31. The van der Waals surface area contributed by atoms with Crippen LogP contribution in [-0.2, 0) is 27.3 Å². The summed E-state index contributed by atoms with van der Waals surface area (Å²) in [6, 6.07) is 3.40. The molecule has 0 fully saturated rings. The highest BCUT2D eigenvalue weighted by Crippen LogP contribution is 2.21. The molecule has 0 aromatic carbocycles. The zero-order chi connectivity index (χ0) is 31.0. The molecule has 224 valence electrons. The van der Waals surface area contributed by atoms with Crippen molar-refractivity contribution in [2.45, 2.75) is 45.7 Å². The minimum absolute atomic E-state index is 0.0855. The Morgan fingerprint density at radius 2 is 1.93 bits per heavy atom. The fourth-order valence-electron chi connectivity index (χ4n) is 4.16. The van der Waals surface area contributed by atoms with Gasteiger partial charge in [0.1, 0.15) is 23.1 Å². The largest absolute Gasteiger partial charge is 0.464 e. The third kappa shape index (κ3) is 7.80. The van der Waals surface area contributed by atoms with Crippen LogP contribution >= 0.6 is 0 Å². The smallest absolute Gasteiger partial charge is 0.417 e. The summed E-state index contributed by atoms with van der Waals surface area (Å²) in [6.07, 6.45) is 4.81. The van der Waals surface area contributed by atoms with E-state index >= 15 is 0 Å². The molecule has 14 heteroatoms. The Labute approximate surface area is 242 Å². The van der Waals surface area contributed by atoms with Crippen LogP contribution < -0.4 is 16.2 Å². The number of amides is 3. The molecule has 3 aromatic rings. The Bertz CT molecular complexity index is 1560. The van der Waals surface area contributed by atoms with Crippen LogP contribution in [0.3, 0.4) is 0 Å². The van der Waals surface area contributed by atoms with Crippen LogP contribution in [0.1, 0.15) is 38.2 Å². The van der Waals surface area contributed by atoms with Crippen molar-refractivity contribution < 1.29 is 29.0 Å². The van der Waals surface area contributed by atoms with Gasteiger partial charge >= 0.3 is 12.2 Å². The van der Waals surface area contributed by atoms with Crippen LogP contribution in [0, 0.1) is 5.92 Å². The fraction of sp³-hybridized carbons (Fsp3) is 0.393. The highest BCUT2D eigenvalue weighted by atomic mass is 16.5. The molecule has 42 heavy (non-hydrogen) atoms. The number of hydrogen-bond acceptors (Lipinski definition) is 8. The van der Waals surface area contributed by atoms with Crippen molar-refractivity contribution in [2.24, 2.45) is 5.92 Å². The van der Waals surface area contributed by atoms with E-state index < -0.39 is 29.7 Å². The van der Waals surface area contributed by atoms with E-state index in [1.165, 1.54) is 40.1 Å². The number of nitrogens with zero attached hydrogens (tertiary/aromatic N) is 5. The van der Waals surface area contributed by atoms with Crippen LogP contribution in [-0.4, -0.2) is 80.4 Å². The van der Waals surface area contributed by atoms with Gasteiger partial charge in [-0.15, -0.1) is 0 Å². The predicted octanol–water partition coefficient (Wildman–Crippen LogP) is 2.45. The van der Waals surface area contributed by atoms with Crippen LogP contribution in [0.25, 0.3) is 11.0 Å². The number of aromatic nitrogens is 4. The number of nitrogens with one attached hydrogen (secondary N) is 2. The molecule has 0 saturated carbocycles. The van der Waals surface area contributed by atoms with Gasteiger partial charge < -0.3 is 29.9 Å². The first kappa shape index (κ1) is 31.5. The second kappa shape index (κ2) is 14.1. The summed E-state index contributed by atoms with van der Waals surface area (Å²) >= 11 is 0. The molecular formula is C28H35N7O7. The van der Waals surface area contributed by atoms with Gasteiger partial charge in [-0.25, -0.2) is 19.1 Å². The Morgan fingerprint density at radius 3 is 2.57 bits per heavy atom. The second-order valence-corrected chi connectivity index (χ2v) is 10.1. The van der Waals surface area contributed by atoms with Gasteiger partial charge in [0.25, 0.3) is 5.56 Å². The second-order valence-electron chi connectivity index (χ2n) is 10.1. The van der Waals surface area contributed by atoms with Crippen molar-refractivity contribution in [3.8, 4) is 0 Å². The number of methoxy groups -OCH3 is 1. The van der Waals surface area contributed by atoms with Gasteiger partial charge in [-0.1, -0.05) is 19.9 Å². The topological polar surface area (TPSA) is 178 Å². The van der Waals surface area contributed by atoms with E-state index in [1.807, 2.05) is 13.8 Å². The van der Waals surface area contributed by atoms with E-state index in [1.54, 1.807) is 26.2 Å². The van der Waals surface area contributed by atoms with Crippen molar-refractivity contribution in [2.75, 3.05) is 26.5 Å². The number of carbonyl (C=O) groups is 4. The van der Waals surface area contributed by atoms with Crippen molar-refractivity contribution >= 4 is 40.7 Å². The molecule has 1 atom stereocenters. The monoisotopic (exact) mass is 581 g/mol. The average molecular weight is 582 g/mol. The van der Waals surface area contributed by atoms with Gasteiger partial charge in [0.2, 0.25) is 11.8 Å². The molecule has 0 aliphatic carbocycles. The Morgan fingerprint density at radius 1 is 1.19 bits per heavy atom. The van der Waals surface area contributed by atoms with Crippen LogP contribution in [0.2, 0.25) is 0 Å². The first-order valence-corrected chi connectivity index (χ1v) is 13.2. The predicted molar refractivity (Wildman–Crippen MR) is 154 cm³/mol. The highest BCUT2D eigenvalue weighted by Gasteiger charge is 2.23. The molecular weight excluding hydrogens is 546 g/mol. The maximum absolute atomic E-state index is 13.3. The van der Waals surface area contributed by atoms with Gasteiger partial charge in [-0.05, 0) is 49.5 Å². The third-order valence-electron chi connectivity index (χ3n) is 6.22. The van der Waals surface area contributed by atoms with Crippen molar-refractivity contribution in [3.63, 3.8) is 0 Å². The van der Waals surface area contributed by atoms with E-state index in [4.69, 9.17) is 0 Å². The van der Waals surface area contributed by atoms with Gasteiger partial charge in [-0.2, -0.15) is 0 Å². The number of carbonyl (C=O) groups excluding carboxylic acids is 3. The highest BCUT2D eigenvalue weighted by molar-refractivity contribution is 5.96. The number of ether oxygens (including phenoxy) is 1. The van der Waals surface area contributed by atoms with Crippen LogP contribution in [0.5, 0.6) is 0 Å². The molecule has 3 rings (SSSR count). The lowest BCUT2D eigenvalue weighted by atomic mass is 10.1. The molecule has 0 aliphatic heterocycles. The molecule has 0 saturated heterocycles. The number of anilines is 1. The molecule has 14 nitrogen and oxygen atoms in total. The molecule has 0 bridgehead atoms. The number of hydrogen-bond donors (Lipinski definition) is 3. The number of alkyl carbamates (subject to hydrolysis) is 1. The summed E-state index contributed by atoms with van der Waals surface area (Å²) in [6.45, 7) is 3.84. The van der Waals surface area contributed by atoms with Crippen molar-refractivity contribution in [1.82, 2.24) is 29.3 Å². The Balaban J connectivity index is 1.86. The lowest BCUT2D eigenvalue weighted by Gasteiger charge is -2.17. The van der Waals surface area contributed by atoms with Crippen LogP contribution in [0.15, 0.2) is 47.5 Å². The van der Waals surface area contributed by atoms with Crippen molar-refractivity contribution in [1.29, 1.82) is 0 Å². The summed E-state index contributed by atoms with van der Waals surface area (Å²) in [5.74, 6) is -0.542. The van der Waals surface area contributed by atoms with Gasteiger partial charge in [-0.3, -0.25) is 19.4 Å². The lowest BCUT2D eigenvalue weighted by Crippen LogP contribution is -2.44. The molecule has 0 radical (unpaired) electrons. The number of carboxylic acid groups (broad SMARTS) is 1.